The summed E-state index contributed by atoms with van der Waals surface area (Å²) in [7, 11) is 0. The molecule has 0 spiro atoms. The van der Waals surface area contributed by atoms with Gasteiger partial charge in [0, 0.05) is 6.42 Å². The van der Waals surface area contributed by atoms with Crippen LogP contribution in [0.15, 0.2) is 70.7 Å². The van der Waals surface area contributed by atoms with E-state index in [9.17, 15) is 14.4 Å². The minimum absolute atomic E-state index is 0.100. The lowest BCUT2D eigenvalue weighted by molar-refractivity contribution is -0.123. The van der Waals surface area contributed by atoms with E-state index in [0.29, 0.717) is 4.88 Å². The van der Waals surface area contributed by atoms with E-state index in [-0.39, 0.29) is 12.2 Å². The predicted molar refractivity (Wildman–Crippen MR) is 100 cm³/mol. The third-order valence-electron chi connectivity index (χ3n) is 3.69. The van der Waals surface area contributed by atoms with Gasteiger partial charge in [0.1, 0.15) is 6.04 Å². The van der Waals surface area contributed by atoms with Crippen molar-refractivity contribution in [3.63, 3.8) is 0 Å². The second-order valence-corrected chi connectivity index (χ2v) is 6.56. The number of hydrogen-bond acceptors (Lipinski definition) is 5. The zero-order valence-electron chi connectivity index (χ0n) is 14.2. The van der Waals surface area contributed by atoms with Gasteiger partial charge in [-0.25, -0.2) is 0 Å². The van der Waals surface area contributed by atoms with Crippen LogP contribution in [0.2, 0.25) is 0 Å². The van der Waals surface area contributed by atoms with Gasteiger partial charge in [0.2, 0.25) is 0 Å². The fraction of sp³-hybridized carbons (Fsp3) is 0.105. The summed E-state index contributed by atoms with van der Waals surface area (Å²) < 4.78 is 5.06. The summed E-state index contributed by atoms with van der Waals surface area (Å²) in [4.78, 5) is 37.3. The Bertz CT molecular complexity index is 892. The number of hydrazine groups is 1. The third kappa shape index (κ3) is 5.05. The van der Waals surface area contributed by atoms with Crippen molar-refractivity contribution in [3.8, 4) is 0 Å². The summed E-state index contributed by atoms with van der Waals surface area (Å²) >= 11 is 1.26. The van der Waals surface area contributed by atoms with Gasteiger partial charge in [0.25, 0.3) is 17.7 Å². The van der Waals surface area contributed by atoms with Crippen LogP contribution in [0.5, 0.6) is 0 Å². The van der Waals surface area contributed by atoms with Crippen LogP contribution >= 0.6 is 11.3 Å². The molecule has 3 N–H and O–H groups in total. The van der Waals surface area contributed by atoms with E-state index in [1.54, 1.807) is 23.6 Å². The van der Waals surface area contributed by atoms with Gasteiger partial charge >= 0.3 is 0 Å². The Labute approximate surface area is 159 Å². The molecule has 3 rings (SSSR count). The number of furan rings is 1. The lowest BCUT2D eigenvalue weighted by atomic mass is 10.1. The molecule has 7 nitrogen and oxygen atoms in total. The molecule has 0 aliphatic heterocycles. The molecule has 1 aromatic carbocycles. The first kappa shape index (κ1) is 18.4. The summed E-state index contributed by atoms with van der Waals surface area (Å²) in [5.74, 6) is -1.37. The van der Waals surface area contributed by atoms with Gasteiger partial charge < -0.3 is 9.73 Å². The Kier molecular flexibility index (Phi) is 6.01. The molecular weight excluding hydrogens is 366 g/mol. The molecule has 0 saturated heterocycles. The van der Waals surface area contributed by atoms with Gasteiger partial charge in [-0.15, -0.1) is 11.3 Å². The van der Waals surface area contributed by atoms with Crippen LogP contribution in [-0.2, 0) is 11.2 Å². The second kappa shape index (κ2) is 8.81. The quantitative estimate of drug-likeness (QED) is 0.568. The van der Waals surface area contributed by atoms with Crippen molar-refractivity contribution in [2.45, 2.75) is 12.5 Å². The number of carbonyl (C=O) groups excluding carboxylic acids is 3. The molecule has 2 aromatic heterocycles. The number of carbonyl (C=O) groups is 3. The first-order valence-corrected chi connectivity index (χ1v) is 9.03. The van der Waals surface area contributed by atoms with Crippen LogP contribution in [-0.4, -0.2) is 23.8 Å². The van der Waals surface area contributed by atoms with Crippen molar-refractivity contribution in [3.05, 3.63) is 82.4 Å². The van der Waals surface area contributed by atoms with E-state index in [1.807, 2.05) is 30.3 Å². The number of nitrogens with one attached hydrogen (secondary N) is 3. The summed E-state index contributed by atoms with van der Waals surface area (Å²) in [6.07, 6.45) is 1.64. The highest BCUT2D eigenvalue weighted by atomic mass is 32.1. The Morgan fingerprint density at radius 1 is 0.926 bits per heavy atom. The maximum atomic E-state index is 12.6. The number of rotatable bonds is 6. The first-order chi connectivity index (χ1) is 13.1. The van der Waals surface area contributed by atoms with Crippen LogP contribution in [0.25, 0.3) is 0 Å². The predicted octanol–water partition coefficient (Wildman–Crippen LogP) is 2.14. The van der Waals surface area contributed by atoms with Crippen molar-refractivity contribution < 1.29 is 18.8 Å². The van der Waals surface area contributed by atoms with Crippen molar-refractivity contribution in [2.75, 3.05) is 0 Å². The number of amides is 3. The highest BCUT2D eigenvalue weighted by Gasteiger charge is 2.23. The van der Waals surface area contributed by atoms with Gasteiger partial charge in [-0.05, 0) is 29.1 Å². The summed E-state index contributed by atoms with van der Waals surface area (Å²) in [5.41, 5.74) is 5.58. The van der Waals surface area contributed by atoms with Gasteiger partial charge in [-0.2, -0.15) is 0 Å². The molecule has 3 amide bonds. The lowest BCUT2D eigenvalue weighted by Crippen LogP contribution is -2.53. The van der Waals surface area contributed by atoms with E-state index in [4.69, 9.17) is 4.42 Å². The van der Waals surface area contributed by atoms with Crippen molar-refractivity contribution >= 4 is 29.1 Å². The average Bonchev–Trinajstić information content (AvgIpc) is 3.40. The van der Waals surface area contributed by atoms with Crippen LogP contribution in [0.1, 0.15) is 25.8 Å². The van der Waals surface area contributed by atoms with Crippen molar-refractivity contribution in [1.82, 2.24) is 16.2 Å². The average molecular weight is 383 g/mol. The van der Waals surface area contributed by atoms with Gasteiger partial charge in [-0.1, -0.05) is 36.4 Å². The Hall–Kier alpha value is -3.39. The smallest absolute Gasteiger partial charge is 0.287 e. The standard InChI is InChI=1S/C19H17N3O4S/c23-17(21-22-19(25)16-9-5-11-27-16)14(12-13-6-2-1-3-7-13)20-18(24)15-8-4-10-26-15/h1-11,14H,12H2,(H,20,24)(H,21,23)(H,22,25). The summed E-state index contributed by atoms with van der Waals surface area (Å²) in [6, 6.07) is 14.8. The Morgan fingerprint density at radius 2 is 1.74 bits per heavy atom. The maximum Gasteiger partial charge on any atom is 0.287 e. The molecule has 27 heavy (non-hydrogen) atoms. The first-order valence-electron chi connectivity index (χ1n) is 8.15. The Morgan fingerprint density at radius 3 is 2.41 bits per heavy atom. The molecule has 0 bridgehead atoms. The number of hydrogen-bond donors (Lipinski definition) is 3. The van der Waals surface area contributed by atoms with Crippen molar-refractivity contribution in [1.29, 1.82) is 0 Å². The number of benzene rings is 1. The number of thiophene rings is 1. The zero-order chi connectivity index (χ0) is 19.1. The zero-order valence-corrected chi connectivity index (χ0v) is 15.0. The van der Waals surface area contributed by atoms with Gasteiger partial charge in [-0.3, -0.25) is 25.2 Å². The SMILES string of the molecule is O=C(NC(Cc1ccccc1)C(=O)NNC(=O)c1cccs1)c1ccco1. The normalized spacial score (nSPS) is 11.4. The highest BCUT2D eigenvalue weighted by molar-refractivity contribution is 7.12. The minimum Gasteiger partial charge on any atom is -0.459 e. The Balaban J connectivity index is 1.67. The molecule has 3 aromatic rings. The molecule has 1 unspecified atom stereocenters. The van der Waals surface area contributed by atoms with Crippen LogP contribution in [0, 0.1) is 0 Å². The molecule has 0 saturated carbocycles. The van der Waals surface area contributed by atoms with E-state index in [1.165, 1.54) is 23.7 Å². The van der Waals surface area contributed by atoms with E-state index in [0.717, 1.165) is 5.56 Å². The molecule has 0 radical (unpaired) electrons. The molecule has 1 atom stereocenters. The van der Waals surface area contributed by atoms with Crippen molar-refractivity contribution in [2.24, 2.45) is 0 Å². The van der Waals surface area contributed by atoms with Gasteiger partial charge in [0.05, 0.1) is 11.1 Å². The summed E-state index contributed by atoms with van der Waals surface area (Å²) in [6.45, 7) is 0. The monoisotopic (exact) mass is 383 g/mol. The third-order valence-corrected chi connectivity index (χ3v) is 4.56. The molecule has 2 heterocycles. The fourth-order valence-corrected chi connectivity index (χ4v) is 2.99. The topological polar surface area (TPSA) is 100 Å². The minimum atomic E-state index is -0.895. The highest BCUT2D eigenvalue weighted by Crippen LogP contribution is 2.08. The largest absolute Gasteiger partial charge is 0.459 e. The van der Waals surface area contributed by atoms with E-state index < -0.39 is 23.8 Å². The lowest BCUT2D eigenvalue weighted by Gasteiger charge is -2.18. The van der Waals surface area contributed by atoms with E-state index >= 15 is 0 Å². The maximum absolute atomic E-state index is 12.6. The molecular formula is C19H17N3O4S. The van der Waals surface area contributed by atoms with Crippen LogP contribution < -0.4 is 16.2 Å². The van der Waals surface area contributed by atoms with Crippen LogP contribution in [0.3, 0.4) is 0 Å². The van der Waals surface area contributed by atoms with Crippen LogP contribution in [0.4, 0.5) is 0 Å². The summed E-state index contributed by atoms with van der Waals surface area (Å²) in [5, 5.41) is 4.40. The molecule has 138 valence electrons. The van der Waals surface area contributed by atoms with Gasteiger partial charge in [0.15, 0.2) is 5.76 Å². The fourth-order valence-electron chi connectivity index (χ4n) is 2.37. The molecule has 8 heteroatoms. The molecule has 0 aliphatic rings. The molecule has 0 fully saturated rings. The van der Waals surface area contributed by atoms with E-state index in [2.05, 4.69) is 16.2 Å². The second-order valence-electron chi connectivity index (χ2n) is 5.61. The molecule has 0 aliphatic carbocycles.